The van der Waals surface area contributed by atoms with E-state index in [1.165, 1.54) is 6.33 Å². The maximum atomic E-state index is 6.00. The van der Waals surface area contributed by atoms with E-state index in [0.29, 0.717) is 30.6 Å². The summed E-state index contributed by atoms with van der Waals surface area (Å²) in [7, 11) is 0. The van der Waals surface area contributed by atoms with Crippen LogP contribution in [-0.4, -0.2) is 64.5 Å². The highest BCUT2D eigenvalue weighted by molar-refractivity contribution is 5.92. The molecule has 1 fully saturated rings. The van der Waals surface area contributed by atoms with Crippen LogP contribution in [0, 0.1) is 6.92 Å². The van der Waals surface area contributed by atoms with Crippen LogP contribution in [0.1, 0.15) is 11.1 Å². The third kappa shape index (κ3) is 5.27. The van der Waals surface area contributed by atoms with E-state index < -0.39 is 0 Å². The zero-order valence-corrected chi connectivity index (χ0v) is 19.2. The number of anilines is 2. The maximum absolute atomic E-state index is 6.00. The zero-order valence-electron chi connectivity index (χ0n) is 19.2. The van der Waals surface area contributed by atoms with Crippen LogP contribution in [0.3, 0.4) is 0 Å². The minimum Gasteiger partial charge on any atom is -0.489 e. The van der Waals surface area contributed by atoms with Crippen LogP contribution >= 0.6 is 0 Å². The number of benzene rings is 2. The van der Waals surface area contributed by atoms with Crippen LogP contribution in [0.5, 0.6) is 11.6 Å². The average Bonchev–Trinajstić information content (AvgIpc) is 3.29. The number of aromatic nitrogens is 4. The highest BCUT2D eigenvalue weighted by Crippen LogP contribution is 2.31. The molecule has 9 heteroatoms. The number of aromatic amines is 1. The molecule has 2 N–H and O–H groups in total. The Bertz CT molecular complexity index is 1220. The number of hydrogen-bond acceptors (Lipinski definition) is 8. The van der Waals surface area contributed by atoms with E-state index in [9.17, 15) is 0 Å². The lowest BCUT2D eigenvalue weighted by atomic mass is 10.2. The molecule has 2 aromatic carbocycles. The first-order chi connectivity index (χ1) is 16.8. The van der Waals surface area contributed by atoms with Gasteiger partial charge in [0.25, 0.3) is 0 Å². The molecule has 0 aliphatic carbocycles. The van der Waals surface area contributed by atoms with Crippen molar-refractivity contribution in [1.82, 2.24) is 25.1 Å². The van der Waals surface area contributed by atoms with Crippen LogP contribution < -0.4 is 14.8 Å². The van der Waals surface area contributed by atoms with Gasteiger partial charge in [0.15, 0.2) is 5.65 Å². The van der Waals surface area contributed by atoms with Crippen LogP contribution in [0.15, 0.2) is 54.9 Å². The number of fused-ring (bicyclic) bond motifs is 1. The molecule has 9 nitrogen and oxygen atoms in total. The second kappa shape index (κ2) is 10.5. The Morgan fingerprint density at radius 2 is 1.91 bits per heavy atom. The lowest BCUT2D eigenvalue weighted by molar-refractivity contribution is 0.0321. The SMILES string of the molecule is Cc1cc(Nc2ncnc3[nH]nc(OCCN4CCOCC4)c23)ccc1OCc1ccccc1. The third-order valence-corrected chi connectivity index (χ3v) is 5.75. The van der Waals surface area contributed by atoms with Gasteiger partial charge in [0.05, 0.1) is 13.2 Å². The quantitative estimate of drug-likeness (QED) is 0.390. The van der Waals surface area contributed by atoms with Gasteiger partial charge in [-0.3, -0.25) is 10.00 Å². The fourth-order valence-electron chi connectivity index (χ4n) is 3.89. The van der Waals surface area contributed by atoms with Gasteiger partial charge >= 0.3 is 0 Å². The van der Waals surface area contributed by atoms with E-state index in [2.05, 4.69) is 42.5 Å². The van der Waals surface area contributed by atoms with Crippen molar-refractivity contribution in [1.29, 1.82) is 0 Å². The number of nitrogens with zero attached hydrogens (tertiary/aromatic N) is 4. The van der Waals surface area contributed by atoms with Crippen molar-refractivity contribution < 1.29 is 14.2 Å². The van der Waals surface area contributed by atoms with Crippen molar-refractivity contribution >= 4 is 22.5 Å². The third-order valence-electron chi connectivity index (χ3n) is 5.75. The standard InChI is InChI=1S/C25H28N6O3/c1-18-15-20(7-8-21(18)34-16-19-5-3-2-4-6-19)28-23-22-24(27-17-26-23)29-30-25(22)33-14-11-31-9-12-32-13-10-31/h2-8,15,17H,9-14,16H2,1H3,(H2,26,27,28,29,30). The highest BCUT2D eigenvalue weighted by Gasteiger charge is 2.16. The van der Waals surface area contributed by atoms with Crippen LogP contribution in [0.4, 0.5) is 11.5 Å². The number of rotatable bonds is 9. The second-order valence-electron chi connectivity index (χ2n) is 8.16. The predicted molar refractivity (Wildman–Crippen MR) is 130 cm³/mol. The summed E-state index contributed by atoms with van der Waals surface area (Å²) in [4.78, 5) is 11.0. The van der Waals surface area contributed by atoms with Gasteiger partial charge in [0.1, 0.15) is 36.5 Å². The molecule has 0 saturated carbocycles. The van der Waals surface area contributed by atoms with E-state index in [-0.39, 0.29) is 0 Å². The summed E-state index contributed by atoms with van der Waals surface area (Å²) < 4.78 is 17.4. The predicted octanol–water partition coefficient (Wildman–Crippen LogP) is 3.69. The maximum Gasteiger partial charge on any atom is 0.246 e. The summed E-state index contributed by atoms with van der Waals surface area (Å²) >= 11 is 0. The number of ether oxygens (including phenoxy) is 3. The molecular formula is C25H28N6O3. The second-order valence-corrected chi connectivity index (χ2v) is 8.16. The fraction of sp³-hybridized carbons (Fsp3) is 0.320. The van der Waals surface area contributed by atoms with Gasteiger partial charge in [-0.25, -0.2) is 9.97 Å². The van der Waals surface area contributed by atoms with Gasteiger partial charge < -0.3 is 19.5 Å². The molecule has 0 unspecified atom stereocenters. The zero-order chi connectivity index (χ0) is 23.2. The van der Waals surface area contributed by atoms with E-state index in [4.69, 9.17) is 14.2 Å². The normalized spacial score (nSPS) is 14.3. The van der Waals surface area contributed by atoms with Gasteiger partial charge in [-0.2, -0.15) is 0 Å². The molecular weight excluding hydrogens is 432 g/mol. The lowest BCUT2D eigenvalue weighted by Crippen LogP contribution is -2.38. The molecule has 0 atom stereocenters. The van der Waals surface area contributed by atoms with E-state index >= 15 is 0 Å². The van der Waals surface area contributed by atoms with E-state index in [1.54, 1.807) is 0 Å². The van der Waals surface area contributed by atoms with Gasteiger partial charge in [-0.1, -0.05) is 30.3 Å². The molecule has 1 aliphatic rings. The number of nitrogens with one attached hydrogen (secondary N) is 2. The first-order valence-corrected chi connectivity index (χ1v) is 11.4. The molecule has 5 rings (SSSR count). The first-order valence-electron chi connectivity index (χ1n) is 11.4. The number of aryl methyl sites for hydroxylation is 1. The Morgan fingerprint density at radius 1 is 1.06 bits per heavy atom. The van der Waals surface area contributed by atoms with Crippen molar-refractivity contribution in [2.75, 3.05) is 44.8 Å². The van der Waals surface area contributed by atoms with Crippen molar-refractivity contribution in [3.63, 3.8) is 0 Å². The van der Waals surface area contributed by atoms with Crippen LogP contribution in [0.25, 0.3) is 11.0 Å². The highest BCUT2D eigenvalue weighted by atomic mass is 16.5. The molecule has 34 heavy (non-hydrogen) atoms. The Morgan fingerprint density at radius 3 is 2.74 bits per heavy atom. The summed E-state index contributed by atoms with van der Waals surface area (Å²) in [5, 5.41) is 11.4. The van der Waals surface area contributed by atoms with Crippen LogP contribution in [-0.2, 0) is 11.3 Å². The van der Waals surface area contributed by atoms with Crippen molar-refractivity contribution in [3.05, 3.63) is 66.0 Å². The van der Waals surface area contributed by atoms with E-state index in [1.807, 2.05) is 43.3 Å². The average molecular weight is 461 g/mol. The largest absolute Gasteiger partial charge is 0.489 e. The molecule has 4 aromatic rings. The van der Waals surface area contributed by atoms with Crippen molar-refractivity contribution in [3.8, 4) is 11.6 Å². The van der Waals surface area contributed by atoms with Crippen LogP contribution in [0.2, 0.25) is 0 Å². The molecule has 2 aromatic heterocycles. The fourth-order valence-corrected chi connectivity index (χ4v) is 3.89. The summed E-state index contributed by atoms with van der Waals surface area (Å²) in [6.45, 7) is 7.28. The topological polar surface area (TPSA) is 97.4 Å². The lowest BCUT2D eigenvalue weighted by Gasteiger charge is -2.26. The smallest absolute Gasteiger partial charge is 0.246 e. The summed E-state index contributed by atoms with van der Waals surface area (Å²) in [5.74, 6) is 1.97. The molecule has 0 bridgehead atoms. The number of morpholine rings is 1. The molecule has 0 amide bonds. The van der Waals surface area contributed by atoms with Gasteiger partial charge in [0.2, 0.25) is 5.88 Å². The minimum atomic E-state index is 0.492. The van der Waals surface area contributed by atoms with Gasteiger partial charge in [0, 0.05) is 25.3 Å². The Balaban J connectivity index is 1.26. The van der Waals surface area contributed by atoms with E-state index in [0.717, 1.165) is 60.8 Å². The minimum absolute atomic E-state index is 0.492. The Kier molecular flexibility index (Phi) is 6.83. The Hall–Kier alpha value is -3.69. The van der Waals surface area contributed by atoms with Crippen molar-refractivity contribution in [2.24, 2.45) is 0 Å². The molecule has 0 spiro atoms. The molecule has 1 aliphatic heterocycles. The molecule has 3 heterocycles. The van der Waals surface area contributed by atoms with Gasteiger partial charge in [-0.05, 0) is 36.2 Å². The molecule has 0 radical (unpaired) electrons. The molecule has 1 saturated heterocycles. The summed E-state index contributed by atoms with van der Waals surface area (Å²) in [6.07, 6.45) is 1.50. The monoisotopic (exact) mass is 460 g/mol. The number of H-pyrrole nitrogens is 1. The summed E-state index contributed by atoms with van der Waals surface area (Å²) in [6, 6.07) is 16.1. The Labute approximate surface area is 198 Å². The first kappa shape index (κ1) is 22.1. The number of hydrogen-bond donors (Lipinski definition) is 2. The van der Waals surface area contributed by atoms with Gasteiger partial charge in [-0.15, -0.1) is 5.10 Å². The van der Waals surface area contributed by atoms with Crippen molar-refractivity contribution in [2.45, 2.75) is 13.5 Å². The summed E-state index contributed by atoms with van der Waals surface area (Å²) in [5.41, 5.74) is 3.68. The molecule has 176 valence electrons.